The van der Waals surface area contributed by atoms with Crippen LogP contribution in [0.25, 0.3) is 0 Å². The largest absolute Gasteiger partial charge is 0.472 e. The quantitative estimate of drug-likeness (QED) is 0.0167. The van der Waals surface area contributed by atoms with Crippen molar-refractivity contribution < 1.29 is 151 Å². The lowest BCUT2D eigenvalue weighted by Crippen LogP contribution is -2.32. The Kier molecular flexibility index (Phi) is 72.6. The van der Waals surface area contributed by atoms with Crippen molar-refractivity contribution in [1.82, 2.24) is 5.32 Å². The lowest BCUT2D eigenvalue weighted by Gasteiger charge is -2.20. The number of carbonyl (C=O) groups excluding carboxylic acids is 4. The van der Waals surface area contributed by atoms with Crippen molar-refractivity contribution >= 4 is 31.6 Å². The van der Waals surface area contributed by atoms with Gasteiger partial charge in [0.15, 0.2) is 6.10 Å². The molecule has 0 aromatic carbocycles. The highest BCUT2D eigenvalue weighted by Crippen LogP contribution is 2.43. The number of hydrogen-bond acceptors (Lipinski definition) is 30. The third kappa shape index (κ3) is 74.4. The van der Waals surface area contributed by atoms with Gasteiger partial charge in [-0.25, -0.2) is 4.57 Å². The van der Waals surface area contributed by atoms with E-state index in [2.05, 4.69) is 19.2 Å². The van der Waals surface area contributed by atoms with E-state index in [1.54, 1.807) is 0 Å². The molecule has 32 nitrogen and oxygen atoms in total. The summed E-state index contributed by atoms with van der Waals surface area (Å²) in [7, 11) is -4.73. The average Bonchev–Trinajstić information content (AvgIpc) is 0.910. The minimum atomic E-state index is -4.73. The second kappa shape index (κ2) is 74.6. The molecule has 0 fully saturated rings. The van der Waals surface area contributed by atoms with Gasteiger partial charge in [-0.3, -0.25) is 28.2 Å². The van der Waals surface area contributed by atoms with Gasteiger partial charge in [-0.15, -0.1) is 0 Å². The van der Waals surface area contributed by atoms with E-state index in [1.165, 1.54) is 122 Å². The van der Waals surface area contributed by atoms with Crippen molar-refractivity contribution in [1.29, 1.82) is 0 Å². The third-order valence-corrected chi connectivity index (χ3v) is 17.3. The molecule has 0 saturated heterocycles. The predicted molar refractivity (Wildman–Crippen MR) is 395 cm³/mol. The monoisotopic (exact) mass is 1570 g/mol. The molecular weight excluding hydrogens is 1430 g/mol. The molecule has 0 aliphatic carbocycles. The Bertz CT molecular complexity index is 2070. The van der Waals surface area contributed by atoms with Crippen molar-refractivity contribution in [3.8, 4) is 0 Å². The SMILES string of the molecule is CCCCCCCCCCCCCCCCC(=O)OCC(COP(=O)(O)OCCNC(=O)CCCC(=O)OCC(O)COCC(O)COCC(O)COCC(O)COCC(O)COCC(O)COCC(O)COCC(O)COCC(O)COCC(O)CO)OC(=O)CCCCCCCCCCCCCCCC. The summed E-state index contributed by atoms with van der Waals surface area (Å²) in [5.74, 6) is -2.20. The Hall–Kier alpha value is -2.81. The number of aliphatic hydroxyl groups is 11. The minimum absolute atomic E-state index is 0.0778. The van der Waals surface area contributed by atoms with E-state index in [0.29, 0.717) is 12.8 Å². The summed E-state index contributed by atoms with van der Waals surface area (Å²) in [6.45, 7) is -1.82. The smallest absolute Gasteiger partial charge is 0.463 e. The minimum Gasteiger partial charge on any atom is -0.463 e. The molecule has 0 aromatic rings. The lowest BCUT2D eigenvalue weighted by atomic mass is 10.0. The van der Waals surface area contributed by atoms with Crippen LogP contribution in [-0.4, -0.2) is 311 Å². The summed E-state index contributed by atoms with van der Waals surface area (Å²) in [4.78, 5) is 60.8. The number of nitrogens with one attached hydrogen (secondary N) is 1. The Labute approximate surface area is 636 Å². The number of amides is 1. The van der Waals surface area contributed by atoms with Gasteiger partial charge in [0.25, 0.3) is 0 Å². The summed E-state index contributed by atoms with van der Waals surface area (Å²) >= 11 is 0. The van der Waals surface area contributed by atoms with Crippen LogP contribution in [0.4, 0.5) is 0 Å². The van der Waals surface area contributed by atoms with Gasteiger partial charge in [-0.2, -0.15) is 0 Å². The number of hydrogen-bond donors (Lipinski definition) is 13. The standard InChI is InChI=1S/C74H144NO31P/c1-3-5-7-9-11-13-15-17-19-21-23-25-27-29-33-72(88)103-58-70(106-74(90)34-30-28-26-24-22-20-18-16-14-12-10-8-6-4-2)59-105-107(91,92)104-37-36-75-71(87)32-31-35-73(89)102-57-69(86)56-101-55-68(85)54-100-53-67(84)52-99-51-66(83)50-98-49-65(82)48-97-47-64(81)46-96-45-63(80)44-95-43-62(79)42-94-41-61(78)40-93-39-60(77)38-76/h60-70,76-86H,3-59H2,1-2H3,(H,75,87)(H,91,92). The van der Waals surface area contributed by atoms with E-state index < -0.39 is 125 Å². The van der Waals surface area contributed by atoms with Crippen LogP contribution in [0.5, 0.6) is 0 Å². The molecule has 33 heteroatoms. The molecule has 0 heterocycles. The predicted octanol–water partition coefficient (Wildman–Crippen LogP) is 4.90. The molecule has 1 amide bonds. The third-order valence-electron chi connectivity index (χ3n) is 16.3. The van der Waals surface area contributed by atoms with Gasteiger partial charge < -0.3 is 123 Å². The molecule has 12 unspecified atom stereocenters. The van der Waals surface area contributed by atoms with Gasteiger partial charge in [0.1, 0.15) is 74.3 Å². The summed E-state index contributed by atoms with van der Waals surface area (Å²) in [5, 5.41) is 111. The van der Waals surface area contributed by atoms with Gasteiger partial charge in [0, 0.05) is 32.2 Å². The fourth-order valence-corrected chi connectivity index (χ4v) is 11.2. The highest BCUT2D eigenvalue weighted by molar-refractivity contribution is 7.47. The zero-order valence-electron chi connectivity index (χ0n) is 64.7. The second-order valence-corrected chi connectivity index (χ2v) is 29.0. The van der Waals surface area contributed by atoms with Gasteiger partial charge in [0.2, 0.25) is 5.91 Å². The van der Waals surface area contributed by atoms with E-state index >= 15 is 0 Å². The molecular formula is C74H144NO31P. The molecule has 13 N–H and O–H groups in total. The Morgan fingerprint density at radius 2 is 0.551 bits per heavy atom. The Balaban J connectivity index is 4.32. The zero-order valence-corrected chi connectivity index (χ0v) is 65.6. The molecule has 0 bridgehead atoms. The van der Waals surface area contributed by atoms with E-state index in [0.717, 1.165) is 44.9 Å². The van der Waals surface area contributed by atoms with Crippen LogP contribution in [0.2, 0.25) is 0 Å². The molecule has 0 rings (SSSR count). The normalized spacial score (nSPS) is 15.5. The molecule has 0 aliphatic rings. The maximum atomic E-state index is 12.9. The number of unbranched alkanes of at least 4 members (excludes halogenated alkanes) is 26. The van der Waals surface area contributed by atoms with E-state index in [-0.39, 0.29) is 164 Å². The summed E-state index contributed by atoms with van der Waals surface area (Å²) in [6, 6.07) is 0. The highest BCUT2D eigenvalue weighted by Gasteiger charge is 2.27. The molecule has 0 radical (unpaired) electrons. The van der Waals surface area contributed by atoms with Crippen LogP contribution in [-0.2, 0) is 89.6 Å². The first-order valence-electron chi connectivity index (χ1n) is 39.6. The number of esters is 3. The molecule has 0 aromatic heterocycles. The maximum absolute atomic E-state index is 12.9. The fraction of sp³-hybridized carbons (Fsp3) is 0.946. The zero-order chi connectivity index (χ0) is 79.1. The molecule has 12 atom stereocenters. The Morgan fingerprint density at radius 1 is 0.299 bits per heavy atom. The number of phosphoric acid groups is 1. The van der Waals surface area contributed by atoms with Crippen LogP contribution < -0.4 is 5.32 Å². The van der Waals surface area contributed by atoms with Crippen molar-refractivity contribution in [2.45, 2.75) is 293 Å². The molecule has 0 saturated carbocycles. The van der Waals surface area contributed by atoms with Gasteiger partial charge in [-0.1, -0.05) is 181 Å². The first-order valence-corrected chi connectivity index (χ1v) is 41.1. The van der Waals surface area contributed by atoms with Gasteiger partial charge >= 0.3 is 25.7 Å². The van der Waals surface area contributed by atoms with Crippen LogP contribution in [0.3, 0.4) is 0 Å². The van der Waals surface area contributed by atoms with Gasteiger partial charge in [0.05, 0.1) is 139 Å². The number of ether oxygens (including phenoxy) is 12. The van der Waals surface area contributed by atoms with Crippen molar-refractivity contribution in [2.75, 3.05) is 159 Å². The number of carbonyl (C=O) groups is 4. The van der Waals surface area contributed by atoms with E-state index in [1.807, 2.05) is 0 Å². The fourth-order valence-electron chi connectivity index (χ4n) is 10.4. The first kappa shape index (κ1) is 104. The van der Waals surface area contributed by atoms with Crippen LogP contribution in [0, 0.1) is 0 Å². The van der Waals surface area contributed by atoms with Crippen LogP contribution >= 0.6 is 7.82 Å². The van der Waals surface area contributed by atoms with Gasteiger partial charge in [-0.05, 0) is 19.3 Å². The van der Waals surface area contributed by atoms with Crippen molar-refractivity contribution in [3.63, 3.8) is 0 Å². The molecule has 0 aliphatic heterocycles. The maximum Gasteiger partial charge on any atom is 0.472 e. The highest BCUT2D eigenvalue weighted by atomic mass is 31.2. The number of rotatable bonds is 83. The van der Waals surface area contributed by atoms with E-state index in [4.69, 9.17) is 71.0 Å². The summed E-state index contributed by atoms with van der Waals surface area (Å²) < 4.78 is 86.2. The molecule has 636 valence electrons. The lowest BCUT2D eigenvalue weighted by molar-refractivity contribution is -0.161. The average molecular weight is 1570 g/mol. The topological polar surface area (TPSA) is 469 Å². The summed E-state index contributed by atoms with van der Waals surface area (Å²) in [6.07, 6.45) is 20.8. The Morgan fingerprint density at radius 3 is 0.850 bits per heavy atom. The molecule has 0 spiro atoms. The van der Waals surface area contributed by atoms with Crippen molar-refractivity contribution in [3.05, 3.63) is 0 Å². The van der Waals surface area contributed by atoms with E-state index in [9.17, 15) is 79.7 Å². The summed E-state index contributed by atoms with van der Waals surface area (Å²) in [5.41, 5.74) is 0. The number of phosphoric ester groups is 1. The van der Waals surface area contributed by atoms with Crippen LogP contribution in [0.15, 0.2) is 0 Å². The number of aliphatic hydroxyl groups excluding tert-OH is 11. The molecule has 107 heavy (non-hydrogen) atoms. The first-order chi connectivity index (χ1) is 51.6. The van der Waals surface area contributed by atoms with Crippen molar-refractivity contribution in [2.24, 2.45) is 0 Å². The van der Waals surface area contributed by atoms with Crippen LogP contribution in [0.1, 0.15) is 226 Å². The second-order valence-electron chi connectivity index (χ2n) is 27.5.